The van der Waals surface area contributed by atoms with Crippen molar-refractivity contribution in [3.63, 3.8) is 0 Å². The topological polar surface area (TPSA) is 133 Å². The third-order valence-electron chi connectivity index (χ3n) is 1.92. The van der Waals surface area contributed by atoms with Crippen LogP contribution in [0.1, 0.15) is 10.4 Å². The Hall–Kier alpha value is -2.71. The SMILES string of the molecule is COc1c(C(=O)O)ccc([N+](=O)[O-])c1[N+](=O)[O-]. The highest BCUT2D eigenvalue weighted by atomic mass is 16.6. The first-order valence-electron chi connectivity index (χ1n) is 4.13. The quantitative estimate of drug-likeness (QED) is 0.619. The Balaban J connectivity index is 3.67. The number of nitrogens with zero attached hydrogens (tertiary/aromatic N) is 2. The third kappa shape index (κ3) is 2.12. The predicted octanol–water partition coefficient (Wildman–Crippen LogP) is 1.21. The second-order valence-electron chi connectivity index (χ2n) is 2.83. The van der Waals surface area contributed by atoms with Gasteiger partial charge in [0.05, 0.1) is 17.0 Å². The van der Waals surface area contributed by atoms with E-state index in [1.54, 1.807) is 0 Å². The lowest BCUT2D eigenvalue weighted by Crippen LogP contribution is -2.06. The lowest BCUT2D eigenvalue weighted by molar-refractivity contribution is -0.423. The molecule has 0 spiro atoms. The molecule has 9 nitrogen and oxygen atoms in total. The van der Waals surface area contributed by atoms with Crippen molar-refractivity contribution in [2.75, 3.05) is 7.11 Å². The number of nitro groups is 2. The molecule has 0 aliphatic rings. The van der Waals surface area contributed by atoms with Crippen LogP contribution in [0, 0.1) is 20.2 Å². The fraction of sp³-hybridized carbons (Fsp3) is 0.125. The lowest BCUT2D eigenvalue weighted by Gasteiger charge is -2.05. The zero-order valence-electron chi connectivity index (χ0n) is 8.45. The average Bonchev–Trinajstić information content (AvgIpc) is 2.26. The second kappa shape index (κ2) is 4.43. The molecule has 0 saturated carbocycles. The van der Waals surface area contributed by atoms with Gasteiger partial charge in [0.25, 0.3) is 0 Å². The maximum absolute atomic E-state index is 10.8. The number of aromatic carboxylic acids is 1. The first-order valence-corrected chi connectivity index (χ1v) is 4.13. The molecule has 1 rings (SSSR count). The molecule has 1 N–H and O–H groups in total. The number of carboxylic acid groups (broad SMARTS) is 1. The normalized spacial score (nSPS) is 9.71. The maximum atomic E-state index is 10.8. The van der Waals surface area contributed by atoms with E-state index >= 15 is 0 Å². The summed E-state index contributed by atoms with van der Waals surface area (Å²) in [5, 5.41) is 30.0. The number of methoxy groups -OCH3 is 1. The van der Waals surface area contributed by atoms with Crippen LogP contribution in [0.15, 0.2) is 12.1 Å². The van der Waals surface area contributed by atoms with Gasteiger partial charge in [-0.05, 0) is 6.07 Å². The fourth-order valence-electron chi connectivity index (χ4n) is 1.26. The predicted molar refractivity (Wildman–Crippen MR) is 53.3 cm³/mol. The van der Waals surface area contributed by atoms with Gasteiger partial charge in [0.2, 0.25) is 5.75 Å². The van der Waals surface area contributed by atoms with E-state index < -0.39 is 38.5 Å². The second-order valence-corrected chi connectivity index (χ2v) is 2.83. The van der Waals surface area contributed by atoms with Crippen LogP contribution in [0.25, 0.3) is 0 Å². The molecular weight excluding hydrogens is 236 g/mol. The van der Waals surface area contributed by atoms with Gasteiger partial charge in [0, 0.05) is 6.07 Å². The van der Waals surface area contributed by atoms with Crippen LogP contribution in [0.5, 0.6) is 5.75 Å². The highest BCUT2D eigenvalue weighted by molar-refractivity contribution is 5.94. The number of benzene rings is 1. The molecule has 90 valence electrons. The van der Waals surface area contributed by atoms with Crippen molar-refractivity contribution in [1.82, 2.24) is 0 Å². The minimum atomic E-state index is -1.47. The lowest BCUT2D eigenvalue weighted by atomic mass is 10.1. The van der Waals surface area contributed by atoms with Crippen LogP contribution < -0.4 is 4.74 Å². The summed E-state index contributed by atoms with van der Waals surface area (Å²) in [6, 6.07) is 1.64. The summed E-state index contributed by atoms with van der Waals surface area (Å²) in [6.07, 6.45) is 0. The average molecular weight is 242 g/mol. The zero-order valence-corrected chi connectivity index (χ0v) is 8.45. The first kappa shape index (κ1) is 12.4. The van der Waals surface area contributed by atoms with Gasteiger partial charge in [-0.3, -0.25) is 20.2 Å². The van der Waals surface area contributed by atoms with Crippen molar-refractivity contribution in [2.45, 2.75) is 0 Å². The Kier molecular flexibility index (Phi) is 3.22. The van der Waals surface area contributed by atoms with Crippen LogP contribution in [0.4, 0.5) is 11.4 Å². The molecule has 1 aromatic carbocycles. The third-order valence-corrected chi connectivity index (χ3v) is 1.92. The van der Waals surface area contributed by atoms with Crippen LogP contribution in [-0.2, 0) is 0 Å². The highest BCUT2D eigenvalue weighted by Gasteiger charge is 2.33. The van der Waals surface area contributed by atoms with E-state index in [0.29, 0.717) is 0 Å². The van der Waals surface area contributed by atoms with Crippen LogP contribution in [-0.4, -0.2) is 28.0 Å². The van der Waals surface area contributed by atoms with E-state index in [4.69, 9.17) is 5.11 Å². The summed E-state index contributed by atoms with van der Waals surface area (Å²) >= 11 is 0. The summed E-state index contributed by atoms with van der Waals surface area (Å²) in [7, 11) is 0.999. The molecule has 0 aliphatic carbocycles. The Morgan fingerprint density at radius 1 is 1.29 bits per heavy atom. The molecule has 17 heavy (non-hydrogen) atoms. The molecule has 0 fully saturated rings. The van der Waals surface area contributed by atoms with Crippen molar-refractivity contribution in [3.8, 4) is 5.75 Å². The van der Waals surface area contributed by atoms with Gasteiger partial charge < -0.3 is 9.84 Å². The summed E-state index contributed by atoms with van der Waals surface area (Å²) in [4.78, 5) is 30.0. The number of carbonyl (C=O) groups is 1. The summed E-state index contributed by atoms with van der Waals surface area (Å²) < 4.78 is 4.56. The van der Waals surface area contributed by atoms with E-state index in [1.165, 1.54) is 0 Å². The fourth-order valence-corrected chi connectivity index (χ4v) is 1.26. The minimum Gasteiger partial charge on any atom is -0.489 e. The number of hydrogen-bond acceptors (Lipinski definition) is 6. The molecule has 0 atom stereocenters. The van der Waals surface area contributed by atoms with Crippen molar-refractivity contribution in [1.29, 1.82) is 0 Å². The van der Waals surface area contributed by atoms with Crippen molar-refractivity contribution < 1.29 is 24.5 Å². The molecule has 0 radical (unpaired) electrons. The van der Waals surface area contributed by atoms with E-state index in [2.05, 4.69) is 4.74 Å². The minimum absolute atomic E-state index is 0.509. The zero-order chi connectivity index (χ0) is 13.2. The number of carboxylic acids is 1. The smallest absolute Gasteiger partial charge is 0.388 e. The molecule has 0 aromatic heterocycles. The van der Waals surface area contributed by atoms with Crippen molar-refractivity contribution >= 4 is 17.3 Å². The Bertz CT molecular complexity index is 511. The van der Waals surface area contributed by atoms with Crippen molar-refractivity contribution in [2.24, 2.45) is 0 Å². The molecular formula is C8H6N2O7. The molecule has 0 amide bonds. The standard InChI is InChI=1S/C8H6N2O7/c1-17-7-4(8(11)12)2-3-5(9(13)14)6(7)10(15)16/h2-3H,1H3,(H,11,12). The van der Waals surface area contributed by atoms with E-state index in [0.717, 1.165) is 19.2 Å². The van der Waals surface area contributed by atoms with Gasteiger partial charge >= 0.3 is 17.3 Å². The Morgan fingerprint density at radius 3 is 2.24 bits per heavy atom. The molecule has 9 heteroatoms. The van der Waals surface area contributed by atoms with Crippen molar-refractivity contribution in [3.05, 3.63) is 37.9 Å². The van der Waals surface area contributed by atoms with E-state index in [1.807, 2.05) is 0 Å². The number of ether oxygens (including phenoxy) is 1. The van der Waals surface area contributed by atoms with Crippen LogP contribution >= 0.6 is 0 Å². The molecule has 0 saturated heterocycles. The van der Waals surface area contributed by atoms with Gasteiger partial charge in [0.15, 0.2) is 0 Å². The summed E-state index contributed by atoms with van der Waals surface area (Å²) in [5.74, 6) is -2.11. The molecule has 0 heterocycles. The molecule has 1 aromatic rings. The van der Waals surface area contributed by atoms with E-state index in [9.17, 15) is 25.0 Å². The van der Waals surface area contributed by atoms with Crippen LogP contribution in [0.2, 0.25) is 0 Å². The van der Waals surface area contributed by atoms with Gasteiger partial charge in [-0.1, -0.05) is 0 Å². The van der Waals surface area contributed by atoms with E-state index in [-0.39, 0.29) is 0 Å². The van der Waals surface area contributed by atoms with Gasteiger partial charge in [-0.25, -0.2) is 4.79 Å². The Morgan fingerprint density at radius 2 is 1.88 bits per heavy atom. The molecule has 0 unspecified atom stereocenters. The maximum Gasteiger partial charge on any atom is 0.388 e. The number of hydrogen-bond donors (Lipinski definition) is 1. The Labute approximate surface area is 93.5 Å². The molecule has 0 aliphatic heterocycles. The number of nitro benzene ring substituents is 2. The van der Waals surface area contributed by atoms with Gasteiger partial charge in [-0.15, -0.1) is 0 Å². The van der Waals surface area contributed by atoms with Gasteiger partial charge in [0.1, 0.15) is 5.56 Å². The van der Waals surface area contributed by atoms with Gasteiger partial charge in [-0.2, -0.15) is 0 Å². The largest absolute Gasteiger partial charge is 0.489 e. The highest BCUT2D eigenvalue weighted by Crippen LogP contribution is 2.38. The summed E-state index contributed by atoms with van der Waals surface area (Å²) in [6.45, 7) is 0. The van der Waals surface area contributed by atoms with Crippen LogP contribution in [0.3, 0.4) is 0 Å². The first-order chi connectivity index (χ1) is 7.90. The number of rotatable bonds is 4. The molecule has 0 bridgehead atoms. The monoisotopic (exact) mass is 242 g/mol. The summed E-state index contributed by atoms with van der Waals surface area (Å²) in [5.41, 5.74) is -2.31.